The molecule has 1 saturated heterocycles. The number of nitrogens with one attached hydrogen (secondary N) is 1. The first kappa shape index (κ1) is 17.7. The third-order valence-electron chi connectivity index (χ3n) is 4.83. The van der Waals surface area contributed by atoms with Crippen LogP contribution in [0.15, 0.2) is 40.8 Å². The largest absolute Gasteiger partial charge is 0.464 e. The molecule has 3 rings (SSSR count). The Labute approximate surface area is 148 Å². The van der Waals surface area contributed by atoms with E-state index in [9.17, 15) is 9.18 Å². The number of furan rings is 1. The molecular formula is C20H25FN2O2. The highest BCUT2D eigenvalue weighted by molar-refractivity contribution is 5.94. The normalized spacial score (nSPS) is 16.8. The van der Waals surface area contributed by atoms with E-state index in [4.69, 9.17) is 4.42 Å². The van der Waals surface area contributed by atoms with Crippen LogP contribution < -0.4 is 5.32 Å². The van der Waals surface area contributed by atoms with Gasteiger partial charge in [0.1, 0.15) is 17.3 Å². The van der Waals surface area contributed by atoms with Gasteiger partial charge in [0, 0.05) is 25.6 Å². The predicted molar refractivity (Wildman–Crippen MR) is 95.0 cm³/mol. The number of hydrogen-bond donors (Lipinski definition) is 1. The predicted octanol–water partition coefficient (Wildman–Crippen LogP) is 3.94. The summed E-state index contributed by atoms with van der Waals surface area (Å²) >= 11 is 0. The number of aryl methyl sites for hydroxylation is 1. The van der Waals surface area contributed by atoms with Crippen LogP contribution in [0.2, 0.25) is 0 Å². The third-order valence-corrected chi connectivity index (χ3v) is 4.83. The zero-order valence-electron chi connectivity index (χ0n) is 14.8. The maximum Gasteiger partial charge on any atom is 0.256 e. The van der Waals surface area contributed by atoms with Crippen molar-refractivity contribution in [2.24, 2.45) is 0 Å². The maximum absolute atomic E-state index is 13.8. The Morgan fingerprint density at radius 2 is 2.00 bits per heavy atom. The molecule has 0 unspecified atom stereocenters. The Hall–Kier alpha value is -2.14. The lowest BCUT2D eigenvalue weighted by molar-refractivity contribution is 0.0696. The first-order valence-corrected chi connectivity index (χ1v) is 8.97. The van der Waals surface area contributed by atoms with Crippen LogP contribution in [0.25, 0.3) is 0 Å². The Balaban J connectivity index is 1.53. The summed E-state index contributed by atoms with van der Waals surface area (Å²) in [4.78, 5) is 14.2. The number of rotatable bonds is 5. The molecule has 134 valence electrons. The number of likely N-dealkylation sites (tertiary alicyclic amines) is 1. The van der Waals surface area contributed by atoms with Gasteiger partial charge >= 0.3 is 0 Å². The molecule has 1 aromatic carbocycles. The van der Waals surface area contributed by atoms with Crippen LogP contribution in [0, 0.1) is 5.82 Å². The van der Waals surface area contributed by atoms with Gasteiger partial charge in [-0.3, -0.25) is 4.79 Å². The zero-order valence-corrected chi connectivity index (χ0v) is 14.8. The fraction of sp³-hybridized carbons (Fsp3) is 0.450. The molecule has 25 heavy (non-hydrogen) atoms. The van der Waals surface area contributed by atoms with Crippen LogP contribution >= 0.6 is 0 Å². The number of hydrogen-bond acceptors (Lipinski definition) is 3. The molecule has 2 aromatic rings. The molecular weight excluding hydrogens is 319 g/mol. The van der Waals surface area contributed by atoms with E-state index in [2.05, 4.69) is 19.2 Å². The van der Waals surface area contributed by atoms with E-state index in [0.29, 0.717) is 19.1 Å². The number of carbonyl (C=O) groups is 1. The van der Waals surface area contributed by atoms with Crippen molar-refractivity contribution in [3.05, 3.63) is 59.3 Å². The van der Waals surface area contributed by atoms with E-state index in [1.165, 1.54) is 6.07 Å². The minimum Gasteiger partial charge on any atom is -0.464 e. The summed E-state index contributed by atoms with van der Waals surface area (Å²) in [6.07, 6.45) is 2.60. The van der Waals surface area contributed by atoms with Crippen molar-refractivity contribution in [3.63, 3.8) is 0 Å². The molecule has 0 saturated carbocycles. The van der Waals surface area contributed by atoms with Gasteiger partial charge in [-0.15, -0.1) is 0 Å². The molecule has 4 nitrogen and oxygen atoms in total. The van der Waals surface area contributed by atoms with E-state index >= 15 is 0 Å². The summed E-state index contributed by atoms with van der Waals surface area (Å²) in [6.45, 7) is 5.43. The minimum absolute atomic E-state index is 0.138. The third kappa shape index (κ3) is 4.10. The van der Waals surface area contributed by atoms with Crippen LogP contribution in [0.5, 0.6) is 0 Å². The van der Waals surface area contributed by atoms with E-state index in [-0.39, 0.29) is 17.5 Å². The van der Waals surface area contributed by atoms with Gasteiger partial charge < -0.3 is 14.6 Å². The molecule has 0 radical (unpaired) electrons. The first-order chi connectivity index (χ1) is 12.1. The van der Waals surface area contributed by atoms with Gasteiger partial charge in [-0.25, -0.2) is 4.39 Å². The Bertz CT molecular complexity index is 720. The molecule has 1 aromatic heterocycles. The molecule has 0 bridgehead atoms. The SMILES string of the molecule is CCc1ccc([C@H](C)NC2CCN(C(=O)c3ccccc3F)CC2)o1. The highest BCUT2D eigenvalue weighted by Crippen LogP contribution is 2.21. The van der Waals surface area contributed by atoms with Crippen molar-refractivity contribution >= 4 is 5.91 Å². The summed E-state index contributed by atoms with van der Waals surface area (Å²) in [5.41, 5.74) is 0.157. The lowest BCUT2D eigenvalue weighted by Crippen LogP contribution is -2.45. The van der Waals surface area contributed by atoms with Crippen LogP contribution in [0.4, 0.5) is 4.39 Å². The molecule has 2 heterocycles. The summed E-state index contributed by atoms with van der Waals surface area (Å²) in [5, 5.41) is 3.58. The van der Waals surface area contributed by atoms with Gasteiger partial charge in [0.2, 0.25) is 0 Å². The standard InChI is InChI=1S/C20H25FN2O2/c1-3-16-8-9-19(25-16)14(2)22-15-10-12-23(13-11-15)20(24)17-6-4-5-7-18(17)21/h4-9,14-15,22H,3,10-13H2,1-2H3/t14-/m0/s1. The van der Waals surface area contributed by atoms with Crippen molar-refractivity contribution in [2.75, 3.05) is 13.1 Å². The lowest BCUT2D eigenvalue weighted by atomic mass is 10.0. The quantitative estimate of drug-likeness (QED) is 0.894. The van der Waals surface area contributed by atoms with Gasteiger partial charge in [0.15, 0.2) is 0 Å². The maximum atomic E-state index is 13.8. The van der Waals surface area contributed by atoms with Gasteiger partial charge in [0.05, 0.1) is 11.6 Å². The van der Waals surface area contributed by atoms with E-state index in [1.54, 1.807) is 23.1 Å². The summed E-state index contributed by atoms with van der Waals surface area (Å²) in [5.74, 6) is 1.27. The van der Waals surface area contributed by atoms with Crippen LogP contribution in [0.1, 0.15) is 54.6 Å². The number of amides is 1. The van der Waals surface area contributed by atoms with Crippen LogP contribution in [-0.4, -0.2) is 29.9 Å². The van der Waals surface area contributed by atoms with Gasteiger partial charge in [-0.05, 0) is 44.0 Å². The summed E-state index contributed by atoms with van der Waals surface area (Å²) in [7, 11) is 0. The smallest absolute Gasteiger partial charge is 0.256 e. The number of benzene rings is 1. The fourth-order valence-corrected chi connectivity index (χ4v) is 3.31. The molecule has 1 amide bonds. The van der Waals surface area contributed by atoms with E-state index < -0.39 is 5.82 Å². The highest BCUT2D eigenvalue weighted by atomic mass is 19.1. The van der Waals surface area contributed by atoms with Crippen molar-refractivity contribution in [3.8, 4) is 0 Å². The molecule has 5 heteroatoms. The second-order valence-electron chi connectivity index (χ2n) is 6.59. The number of piperidine rings is 1. The topological polar surface area (TPSA) is 45.5 Å². The van der Waals surface area contributed by atoms with Crippen molar-refractivity contribution in [2.45, 2.75) is 45.2 Å². The van der Waals surface area contributed by atoms with Gasteiger partial charge in [0.25, 0.3) is 5.91 Å². The van der Waals surface area contributed by atoms with Crippen molar-refractivity contribution < 1.29 is 13.6 Å². The van der Waals surface area contributed by atoms with Crippen LogP contribution in [0.3, 0.4) is 0 Å². The fourth-order valence-electron chi connectivity index (χ4n) is 3.31. The molecule has 1 atom stereocenters. The number of halogens is 1. The first-order valence-electron chi connectivity index (χ1n) is 8.97. The Kier molecular flexibility index (Phi) is 5.53. The van der Waals surface area contributed by atoms with E-state index in [1.807, 2.05) is 12.1 Å². The molecule has 1 aliphatic heterocycles. The number of nitrogens with zero attached hydrogens (tertiary/aromatic N) is 1. The molecule has 0 spiro atoms. The summed E-state index contributed by atoms with van der Waals surface area (Å²) < 4.78 is 19.6. The second kappa shape index (κ2) is 7.83. The zero-order chi connectivity index (χ0) is 17.8. The second-order valence-corrected chi connectivity index (χ2v) is 6.59. The average Bonchev–Trinajstić information content (AvgIpc) is 3.11. The molecule has 1 fully saturated rings. The summed E-state index contributed by atoms with van der Waals surface area (Å²) in [6, 6.07) is 10.7. The van der Waals surface area contributed by atoms with Crippen molar-refractivity contribution in [1.82, 2.24) is 10.2 Å². The lowest BCUT2D eigenvalue weighted by Gasteiger charge is -2.33. The minimum atomic E-state index is -0.453. The van der Waals surface area contributed by atoms with Gasteiger partial charge in [-0.1, -0.05) is 19.1 Å². The van der Waals surface area contributed by atoms with Crippen molar-refractivity contribution in [1.29, 1.82) is 0 Å². The van der Waals surface area contributed by atoms with Crippen LogP contribution in [-0.2, 0) is 6.42 Å². The molecule has 0 aliphatic carbocycles. The van der Waals surface area contributed by atoms with E-state index in [0.717, 1.165) is 30.8 Å². The molecule has 1 N–H and O–H groups in total. The Morgan fingerprint density at radius 3 is 2.64 bits per heavy atom. The average molecular weight is 344 g/mol. The number of carbonyl (C=O) groups excluding carboxylic acids is 1. The monoisotopic (exact) mass is 344 g/mol. The molecule has 1 aliphatic rings. The van der Waals surface area contributed by atoms with Gasteiger partial charge in [-0.2, -0.15) is 0 Å². The highest BCUT2D eigenvalue weighted by Gasteiger charge is 2.26. The Morgan fingerprint density at radius 1 is 1.28 bits per heavy atom.